The average molecular weight is 476 g/mol. The van der Waals surface area contributed by atoms with Crippen LogP contribution in [0, 0.1) is 5.82 Å². The second kappa shape index (κ2) is 10.3. The number of para-hydroxylation sites is 1. The number of hydrogen-bond acceptors (Lipinski definition) is 6. The van der Waals surface area contributed by atoms with Crippen LogP contribution in [0.1, 0.15) is 12.6 Å². The number of carbonyl (C=O) groups is 2. The smallest absolute Gasteiger partial charge is 0.248 e. The SMILES string of the molecule is COc1cc(OC)c(NC(=O)/C=C/c2csc(N(C(C)=O)c3ccccc3F)n2)cc1Cl. The Morgan fingerprint density at radius 2 is 1.91 bits per heavy atom. The summed E-state index contributed by atoms with van der Waals surface area (Å²) < 4.78 is 24.6. The van der Waals surface area contributed by atoms with Gasteiger partial charge in [-0.3, -0.25) is 14.5 Å². The number of rotatable bonds is 7. The zero-order valence-corrected chi connectivity index (χ0v) is 19.0. The Kier molecular flexibility index (Phi) is 7.45. The third kappa shape index (κ3) is 5.24. The van der Waals surface area contributed by atoms with Gasteiger partial charge in [-0.25, -0.2) is 9.37 Å². The maximum atomic E-state index is 14.2. The van der Waals surface area contributed by atoms with Crippen molar-refractivity contribution in [2.24, 2.45) is 0 Å². The van der Waals surface area contributed by atoms with E-state index >= 15 is 0 Å². The molecule has 0 aliphatic carbocycles. The second-order valence-corrected chi connectivity index (χ2v) is 7.61. The fraction of sp³-hybridized carbons (Fsp3) is 0.136. The summed E-state index contributed by atoms with van der Waals surface area (Å²) in [5.41, 5.74) is 0.905. The van der Waals surface area contributed by atoms with Crippen LogP contribution in [0.3, 0.4) is 0 Å². The normalized spacial score (nSPS) is 10.8. The number of methoxy groups -OCH3 is 2. The van der Waals surface area contributed by atoms with Crippen LogP contribution in [0.15, 0.2) is 47.9 Å². The quantitative estimate of drug-likeness (QED) is 0.469. The van der Waals surface area contributed by atoms with Crippen molar-refractivity contribution in [1.29, 1.82) is 0 Å². The average Bonchev–Trinajstić information content (AvgIpc) is 3.22. The number of benzene rings is 2. The highest BCUT2D eigenvalue weighted by atomic mass is 35.5. The molecule has 2 aromatic carbocycles. The highest BCUT2D eigenvalue weighted by Crippen LogP contribution is 2.36. The molecule has 7 nitrogen and oxygen atoms in total. The van der Waals surface area contributed by atoms with Crippen LogP contribution in [0.4, 0.5) is 20.9 Å². The van der Waals surface area contributed by atoms with E-state index in [4.69, 9.17) is 21.1 Å². The molecule has 3 rings (SSSR count). The predicted molar refractivity (Wildman–Crippen MR) is 124 cm³/mol. The zero-order valence-electron chi connectivity index (χ0n) is 17.4. The lowest BCUT2D eigenvalue weighted by atomic mass is 10.2. The van der Waals surface area contributed by atoms with Crippen LogP contribution < -0.4 is 19.7 Å². The first-order chi connectivity index (χ1) is 15.3. The summed E-state index contributed by atoms with van der Waals surface area (Å²) in [4.78, 5) is 30.0. The van der Waals surface area contributed by atoms with Crippen molar-refractivity contribution in [3.63, 3.8) is 0 Å². The lowest BCUT2D eigenvalue weighted by Crippen LogP contribution is -2.23. The van der Waals surface area contributed by atoms with Crippen LogP contribution >= 0.6 is 22.9 Å². The highest BCUT2D eigenvalue weighted by Gasteiger charge is 2.20. The van der Waals surface area contributed by atoms with Gasteiger partial charge in [0.25, 0.3) is 0 Å². The molecule has 2 amide bonds. The summed E-state index contributed by atoms with van der Waals surface area (Å²) in [7, 11) is 2.94. The van der Waals surface area contributed by atoms with Crippen molar-refractivity contribution < 1.29 is 23.5 Å². The van der Waals surface area contributed by atoms with Gasteiger partial charge in [0.15, 0.2) is 5.13 Å². The summed E-state index contributed by atoms with van der Waals surface area (Å²) in [5, 5.41) is 4.93. The first-order valence-corrected chi connectivity index (χ1v) is 10.5. The number of ether oxygens (including phenoxy) is 2. The van der Waals surface area contributed by atoms with Crippen LogP contribution in [0.25, 0.3) is 6.08 Å². The van der Waals surface area contributed by atoms with Gasteiger partial charge in [-0.1, -0.05) is 23.7 Å². The minimum absolute atomic E-state index is 0.103. The number of aromatic nitrogens is 1. The van der Waals surface area contributed by atoms with Gasteiger partial charge in [0.1, 0.15) is 17.3 Å². The lowest BCUT2D eigenvalue weighted by Gasteiger charge is -2.18. The Morgan fingerprint density at radius 3 is 2.56 bits per heavy atom. The molecule has 0 bridgehead atoms. The van der Waals surface area contributed by atoms with E-state index in [1.54, 1.807) is 17.5 Å². The molecular formula is C22H19ClFN3O4S. The first-order valence-electron chi connectivity index (χ1n) is 9.25. The van der Waals surface area contributed by atoms with E-state index in [2.05, 4.69) is 10.3 Å². The van der Waals surface area contributed by atoms with Crippen LogP contribution in [0.5, 0.6) is 11.5 Å². The summed E-state index contributed by atoms with van der Waals surface area (Å²) in [6.07, 6.45) is 2.75. The molecule has 0 radical (unpaired) electrons. The molecule has 1 N–H and O–H groups in total. The van der Waals surface area contributed by atoms with Crippen LogP contribution in [-0.2, 0) is 9.59 Å². The Bertz CT molecular complexity index is 1180. The Morgan fingerprint density at radius 1 is 1.19 bits per heavy atom. The minimum atomic E-state index is -0.540. The van der Waals surface area contributed by atoms with Crippen molar-refractivity contribution in [2.45, 2.75) is 6.92 Å². The Balaban J connectivity index is 1.77. The molecule has 0 saturated heterocycles. The monoisotopic (exact) mass is 475 g/mol. The van der Waals surface area contributed by atoms with E-state index in [9.17, 15) is 14.0 Å². The molecule has 0 atom stereocenters. The molecule has 0 spiro atoms. The molecule has 0 aliphatic rings. The van der Waals surface area contributed by atoms with Gasteiger partial charge in [-0.2, -0.15) is 0 Å². The molecule has 1 heterocycles. The number of nitrogens with one attached hydrogen (secondary N) is 1. The van der Waals surface area contributed by atoms with E-state index in [0.29, 0.717) is 27.9 Å². The van der Waals surface area contributed by atoms with Gasteiger partial charge in [-0.15, -0.1) is 11.3 Å². The number of hydrogen-bond donors (Lipinski definition) is 1. The van der Waals surface area contributed by atoms with Gasteiger partial charge in [0, 0.05) is 24.4 Å². The Hall–Kier alpha value is -3.43. The summed E-state index contributed by atoms with van der Waals surface area (Å²) in [5.74, 6) is -0.581. The standard InChI is InChI=1S/C22H19ClFN3O4S/c1-13(28)27(18-7-5-4-6-16(18)24)22-25-14(12-32-22)8-9-21(29)26-17-10-15(23)19(30-2)11-20(17)31-3/h4-12H,1-3H3,(H,26,29)/b9-8+. The van der Waals surface area contributed by atoms with E-state index in [0.717, 1.165) is 11.3 Å². The van der Waals surface area contributed by atoms with Gasteiger partial charge in [0.05, 0.1) is 36.3 Å². The predicted octanol–water partition coefficient (Wildman–Crippen LogP) is 5.29. The van der Waals surface area contributed by atoms with E-state index < -0.39 is 11.7 Å². The third-order valence-electron chi connectivity index (χ3n) is 4.25. The van der Waals surface area contributed by atoms with E-state index in [1.807, 2.05) is 0 Å². The van der Waals surface area contributed by atoms with Crippen molar-refractivity contribution in [3.8, 4) is 11.5 Å². The minimum Gasteiger partial charge on any atom is -0.495 e. The number of carbonyl (C=O) groups excluding carboxylic acids is 2. The lowest BCUT2D eigenvalue weighted by molar-refractivity contribution is -0.116. The largest absolute Gasteiger partial charge is 0.495 e. The second-order valence-electron chi connectivity index (χ2n) is 6.37. The molecule has 1 aromatic heterocycles. The van der Waals surface area contributed by atoms with Gasteiger partial charge >= 0.3 is 0 Å². The van der Waals surface area contributed by atoms with Gasteiger partial charge < -0.3 is 14.8 Å². The van der Waals surface area contributed by atoms with Crippen LogP contribution in [-0.4, -0.2) is 31.0 Å². The molecule has 0 unspecified atom stereocenters. The fourth-order valence-corrected chi connectivity index (χ4v) is 3.88. The number of thiazole rings is 1. The van der Waals surface area contributed by atoms with E-state index in [-0.39, 0.29) is 16.7 Å². The van der Waals surface area contributed by atoms with Gasteiger partial charge in [-0.05, 0) is 24.3 Å². The molecule has 32 heavy (non-hydrogen) atoms. The summed E-state index contributed by atoms with van der Waals surface area (Å²) >= 11 is 7.27. The molecule has 0 saturated carbocycles. The van der Waals surface area contributed by atoms with Crippen molar-refractivity contribution in [1.82, 2.24) is 4.98 Å². The molecule has 166 valence electrons. The molecule has 0 fully saturated rings. The first kappa shape index (κ1) is 23.2. The van der Waals surface area contributed by atoms with Crippen LogP contribution in [0.2, 0.25) is 5.02 Å². The number of amides is 2. The van der Waals surface area contributed by atoms with Crippen molar-refractivity contribution in [2.75, 3.05) is 24.4 Å². The summed E-state index contributed by atoms with van der Waals surface area (Å²) in [6, 6.07) is 9.01. The number of anilines is 3. The van der Waals surface area contributed by atoms with E-state index in [1.165, 1.54) is 62.5 Å². The van der Waals surface area contributed by atoms with Crippen molar-refractivity contribution in [3.05, 3.63) is 64.4 Å². The van der Waals surface area contributed by atoms with Crippen molar-refractivity contribution >= 4 is 57.3 Å². The Labute approximate surface area is 193 Å². The maximum Gasteiger partial charge on any atom is 0.248 e. The maximum absolute atomic E-state index is 14.2. The topological polar surface area (TPSA) is 80.8 Å². The van der Waals surface area contributed by atoms with Gasteiger partial charge in [0.2, 0.25) is 11.8 Å². The molecule has 3 aromatic rings. The zero-order chi connectivity index (χ0) is 23.3. The molecule has 0 aliphatic heterocycles. The number of halogens is 2. The number of nitrogens with zero attached hydrogens (tertiary/aromatic N) is 2. The molecular weight excluding hydrogens is 457 g/mol. The highest BCUT2D eigenvalue weighted by molar-refractivity contribution is 7.14. The fourth-order valence-electron chi connectivity index (χ4n) is 2.79. The third-order valence-corrected chi connectivity index (χ3v) is 5.39. The summed E-state index contributed by atoms with van der Waals surface area (Å²) in [6.45, 7) is 1.32. The molecule has 10 heteroatoms.